The van der Waals surface area contributed by atoms with Crippen LogP contribution in [0.5, 0.6) is 5.75 Å². The molecule has 0 radical (unpaired) electrons. The maximum absolute atomic E-state index is 13.0. The van der Waals surface area contributed by atoms with Crippen LogP contribution in [0.25, 0.3) is 0 Å². The van der Waals surface area contributed by atoms with Gasteiger partial charge in [-0.3, -0.25) is 34.4 Å². The normalized spacial score (nSPS) is 22.0. The molecule has 3 aliphatic heterocycles. The highest BCUT2D eigenvalue weighted by Crippen LogP contribution is 2.28. The van der Waals surface area contributed by atoms with Crippen molar-refractivity contribution in [3.05, 3.63) is 70.6 Å². The number of anilines is 2. The van der Waals surface area contributed by atoms with Crippen molar-refractivity contribution in [3.63, 3.8) is 0 Å². The first-order chi connectivity index (χ1) is 27.6. The van der Waals surface area contributed by atoms with E-state index in [-0.39, 0.29) is 42.7 Å². The maximum Gasteiger partial charge on any atom is 0.272 e. The van der Waals surface area contributed by atoms with Gasteiger partial charge in [0.1, 0.15) is 17.9 Å². The number of hydrogen-bond acceptors (Lipinski definition) is 12. The van der Waals surface area contributed by atoms with E-state index in [1.54, 1.807) is 37.5 Å². The summed E-state index contributed by atoms with van der Waals surface area (Å²) in [5.74, 6) is 0.873. The van der Waals surface area contributed by atoms with Gasteiger partial charge in [0.25, 0.3) is 5.91 Å². The number of ether oxygens (including phenoxy) is 1. The molecule has 0 spiro atoms. The monoisotopic (exact) mass is 796 g/mol. The molecule has 16 heteroatoms. The summed E-state index contributed by atoms with van der Waals surface area (Å²) < 4.78 is 6.08. The Hall–Kier alpha value is -5.33. The third kappa shape index (κ3) is 10.2. The van der Waals surface area contributed by atoms with Crippen LogP contribution in [0.2, 0.25) is 5.02 Å². The molecule has 4 fully saturated rings. The molecule has 2 aromatic heterocycles. The molecule has 3 saturated heterocycles. The Morgan fingerprint density at radius 1 is 0.947 bits per heavy atom. The molecule has 1 aromatic carbocycles. The van der Waals surface area contributed by atoms with E-state index in [1.807, 2.05) is 18.2 Å². The van der Waals surface area contributed by atoms with Crippen molar-refractivity contribution >= 4 is 46.7 Å². The molecular formula is C41H49ClN10O5. The standard InChI is InChI=1S/C41H49ClN10O5/c1-49(36-9-11-38(53)46-41(36)56)39(54)23-30-22-31(12-15-44-30)51-20-18-50(19-21-51)26-27-13-16-52(17-14-27)37-10-8-35(47-48-37)40(55)45-29-3-6-32(7-4-29)57-33-5-2-28(25-43)34(42)24-33/h2,5,8,10,12,15,22,24,27,29,32,36H,3-4,6-7,9,11,13-14,16-21,23,26H2,1H3,(H,45,55)(H,46,53,56)/t29-,32-,36?. The summed E-state index contributed by atoms with van der Waals surface area (Å²) >= 11 is 6.15. The second kappa shape index (κ2) is 18.3. The number of likely N-dealkylation sites (N-methyl/N-ethyl adjacent to an activating group) is 1. The summed E-state index contributed by atoms with van der Waals surface area (Å²) in [6.45, 7) is 6.50. The molecule has 7 rings (SSSR count). The molecule has 15 nitrogen and oxygen atoms in total. The number of pyridine rings is 1. The van der Waals surface area contributed by atoms with Crippen LogP contribution in [0, 0.1) is 17.2 Å². The molecule has 1 atom stereocenters. The van der Waals surface area contributed by atoms with Gasteiger partial charge in [0.05, 0.1) is 28.8 Å². The number of aromatic nitrogens is 3. The fourth-order valence-corrected chi connectivity index (χ4v) is 8.43. The van der Waals surface area contributed by atoms with E-state index < -0.39 is 11.9 Å². The van der Waals surface area contributed by atoms with E-state index in [0.29, 0.717) is 40.1 Å². The van der Waals surface area contributed by atoms with Crippen LogP contribution >= 0.6 is 11.6 Å². The third-order valence-corrected chi connectivity index (χ3v) is 12.0. The SMILES string of the molecule is CN(C(=O)Cc1cc(N2CCN(CC3CCN(c4ccc(C(=O)N[C@H]5CC[C@H](Oc6ccc(C#N)c(Cl)c6)CC5)nn4)CC3)CC2)ccn1)C1CCC(=O)NC1=O. The smallest absolute Gasteiger partial charge is 0.272 e. The summed E-state index contributed by atoms with van der Waals surface area (Å²) in [7, 11) is 1.60. The highest BCUT2D eigenvalue weighted by molar-refractivity contribution is 6.31. The Morgan fingerprint density at radius 2 is 1.72 bits per heavy atom. The number of amides is 4. The van der Waals surface area contributed by atoms with Gasteiger partial charge in [-0.1, -0.05) is 11.6 Å². The van der Waals surface area contributed by atoms with E-state index in [0.717, 1.165) is 95.8 Å². The van der Waals surface area contributed by atoms with Gasteiger partial charge in [-0.25, -0.2) is 0 Å². The molecule has 2 N–H and O–H groups in total. The number of piperazine rings is 1. The number of hydrogen-bond donors (Lipinski definition) is 2. The molecule has 0 bridgehead atoms. The van der Waals surface area contributed by atoms with Gasteiger partial charge in [0, 0.05) is 83.3 Å². The lowest BCUT2D eigenvalue weighted by atomic mass is 9.93. The van der Waals surface area contributed by atoms with E-state index >= 15 is 0 Å². The number of piperidine rings is 2. The summed E-state index contributed by atoms with van der Waals surface area (Å²) in [6, 6.07) is 14.1. The number of imide groups is 1. The average molecular weight is 797 g/mol. The Labute approximate surface area is 337 Å². The van der Waals surface area contributed by atoms with Gasteiger partial charge >= 0.3 is 0 Å². The summed E-state index contributed by atoms with van der Waals surface area (Å²) in [4.78, 5) is 62.7. The molecule has 57 heavy (non-hydrogen) atoms. The van der Waals surface area contributed by atoms with Crippen molar-refractivity contribution in [2.45, 2.75) is 76.0 Å². The highest BCUT2D eigenvalue weighted by atomic mass is 35.5. The van der Waals surface area contributed by atoms with Gasteiger partial charge in [-0.05, 0) is 87.3 Å². The number of benzene rings is 1. The van der Waals surface area contributed by atoms with Crippen LogP contribution in [0.4, 0.5) is 11.5 Å². The Bertz CT molecular complexity index is 1970. The third-order valence-electron chi connectivity index (χ3n) is 11.7. The number of carbonyl (C=O) groups excluding carboxylic acids is 4. The van der Waals surface area contributed by atoms with E-state index in [2.05, 4.69) is 46.6 Å². The van der Waals surface area contributed by atoms with Gasteiger partial charge in [-0.2, -0.15) is 5.26 Å². The zero-order chi connectivity index (χ0) is 39.9. The highest BCUT2D eigenvalue weighted by Gasteiger charge is 2.33. The van der Waals surface area contributed by atoms with E-state index in [9.17, 15) is 19.2 Å². The lowest BCUT2D eigenvalue weighted by Crippen LogP contribution is -2.53. The topological polar surface area (TPSA) is 177 Å². The minimum Gasteiger partial charge on any atom is -0.490 e. The van der Waals surface area contributed by atoms with Crippen molar-refractivity contribution in [2.24, 2.45) is 5.92 Å². The Morgan fingerprint density at radius 3 is 2.40 bits per heavy atom. The van der Waals surface area contributed by atoms with Crippen molar-refractivity contribution < 1.29 is 23.9 Å². The van der Waals surface area contributed by atoms with Crippen molar-refractivity contribution in [3.8, 4) is 11.8 Å². The molecular weight excluding hydrogens is 748 g/mol. The minimum atomic E-state index is -0.645. The predicted molar refractivity (Wildman–Crippen MR) is 213 cm³/mol. The molecule has 4 aliphatic rings. The number of nitrogens with zero attached hydrogens (tertiary/aromatic N) is 8. The fraction of sp³-hybridized carbons (Fsp3) is 0.512. The Kier molecular flexibility index (Phi) is 12.8. The zero-order valence-electron chi connectivity index (χ0n) is 32.2. The fourth-order valence-electron chi connectivity index (χ4n) is 8.21. The van der Waals surface area contributed by atoms with Gasteiger partial charge in [0.15, 0.2) is 11.5 Å². The number of nitrogens with one attached hydrogen (secondary N) is 2. The van der Waals surface area contributed by atoms with E-state index in [1.165, 1.54) is 4.90 Å². The van der Waals surface area contributed by atoms with Crippen molar-refractivity contribution in [2.75, 3.05) is 62.7 Å². The minimum absolute atomic E-state index is 0.0262. The second-order valence-corrected chi connectivity index (χ2v) is 15.9. The summed E-state index contributed by atoms with van der Waals surface area (Å²) in [6.07, 6.45) is 7.70. The van der Waals surface area contributed by atoms with Crippen LogP contribution in [-0.4, -0.2) is 120 Å². The molecule has 300 valence electrons. The lowest BCUT2D eigenvalue weighted by molar-refractivity contribution is -0.144. The number of halogens is 1. The number of rotatable bonds is 11. The van der Waals surface area contributed by atoms with Crippen molar-refractivity contribution in [1.29, 1.82) is 5.26 Å². The van der Waals surface area contributed by atoms with Gasteiger partial charge in [-0.15, -0.1) is 10.2 Å². The molecule has 1 aliphatic carbocycles. The average Bonchev–Trinajstić information content (AvgIpc) is 3.22. The molecule has 5 heterocycles. The summed E-state index contributed by atoms with van der Waals surface area (Å²) in [5.41, 5.74) is 2.42. The van der Waals surface area contributed by atoms with Crippen LogP contribution in [0.3, 0.4) is 0 Å². The number of nitriles is 1. The first-order valence-corrected chi connectivity index (χ1v) is 20.3. The quantitative estimate of drug-likeness (QED) is 0.271. The molecule has 3 aromatic rings. The van der Waals surface area contributed by atoms with Crippen LogP contribution < -0.4 is 25.2 Å². The van der Waals surface area contributed by atoms with Crippen LogP contribution in [-0.2, 0) is 20.8 Å². The predicted octanol–water partition coefficient (Wildman–Crippen LogP) is 3.36. The molecule has 1 unspecified atom stereocenters. The zero-order valence-corrected chi connectivity index (χ0v) is 33.0. The largest absolute Gasteiger partial charge is 0.490 e. The Balaban J connectivity index is 0.798. The summed E-state index contributed by atoms with van der Waals surface area (Å²) in [5, 5.41) is 23.6. The number of carbonyl (C=O) groups is 4. The van der Waals surface area contributed by atoms with E-state index in [4.69, 9.17) is 21.6 Å². The van der Waals surface area contributed by atoms with Crippen LogP contribution in [0.1, 0.15) is 73.1 Å². The van der Waals surface area contributed by atoms with Gasteiger partial charge < -0.3 is 24.8 Å². The molecule has 4 amide bonds. The maximum atomic E-state index is 13.0. The second-order valence-electron chi connectivity index (χ2n) is 15.5. The van der Waals surface area contributed by atoms with Crippen molar-refractivity contribution in [1.82, 2.24) is 35.6 Å². The van der Waals surface area contributed by atoms with Gasteiger partial charge in [0.2, 0.25) is 17.7 Å². The molecule has 1 saturated carbocycles. The first-order valence-electron chi connectivity index (χ1n) is 19.9. The van der Waals surface area contributed by atoms with Crippen LogP contribution in [0.15, 0.2) is 48.7 Å². The first kappa shape index (κ1) is 39.9. The lowest BCUT2D eigenvalue weighted by Gasteiger charge is -2.39.